The van der Waals surface area contributed by atoms with E-state index in [-0.39, 0.29) is 11.8 Å². The second kappa shape index (κ2) is 8.52. The Hall–Kier alpha value is -3.41. The Morgan fingerprint density at radius 2 is 1.57 bits per heavy atom. The third-order valence-electron chi connectivity index (χ3n) is 4.84. The van der Waals surface area contributed by atoms with Gasteiger partial charge in [-0.2, -0.15) is 0 Å². The number of piperidine rings is 1. The molecule has 1 saturated heterocycles. The van der Waals surface area contributed by atoms with E-state index < -0.39 is 0 Å². The van der Waals surface area contributed by atoms with Crippen LogP contribution in [0.2, 0.25) is 0 Å². The lowest BCUT2D eigenvalue weighted by molar-refractivity contribution is -0.120. The lowest BCUT2D eigenvalue weighted by atomic mass is 9.97. The summed E-state index contributed by atoms with van der Waals surface area (Å²) in [5, 5.41) is 6.38. The lowest BCUT2D eigenvalue weighted by Crippen LogP contribution is -2.41. The average molecular weight is 373 g/mol. The van der Waals surface area contributed by atoms with Crippen molar-refractivity contribution in [3.05, 3.63) is 73.1 Å². The van der Waals surface area contributed by atoms with E-state index >= 15 is 0 Å². The van der Waals surface area contributed by atoms with Crippen molar-refractivity contribution in [3.63, 3.8) is 0 Å². The maximum atomic E-state index is 12.7. The summed E-state index contributed by atoms with van der Waals surface area (Å²) >= 11 is 0. The van der Waals surface area contributed by atoms with Crippen LogP contribution in [-0.2, 0) is 4.79 Å². The highest BCUT2D eigenvalue weighted by atomic mass is 16.1. The Kier molecular flexibility index (Phi) is 5.47. The first-order valence-electron chi connectivity index (χ1n) is 9.53. The molecule has 0 aliphatic carbocycles. The van der Waals surface area contributed by atoms with Crippen molar-refractivity contribution in [2.24, 2.45) is 5.92 Å². The molecule has 6 heteroatoms. The molecule has 1 unspecified atom stereocenters. The fraction of sp³-hybridized carbons (Fsp3) is 0.227. The van der Waals surface area contributed by atoms with Gasteiger partial charge in [-0.3, -0.25) is 4.79 Å². The molecule has 28 heavy (non-hydrogen) atoms. The largest absolute Gasteiger partial charge is 0.356 e. The molecule has 2 aromatic carbocycles. The van der Waals surface area contributed by atoms with Gasteiger partial charge in [-0.15, -0.1) is 0 Å². The zero-order chi connectivity index (χ0) is 19.2. The van der Waals surface area contributed by atoms with E-state index in [1.165, 1.54) is 0 Å². The minimum absolute atomic E-state index is 0.0457. The van der Waals surface area contributed by atoms with Gasteiger partial charge >= 0.3 is 0 Å². The second-order valence-corrected chi connectivity index (χ2v) is 6.89. The number of anilines is 4. The third kappa shape index (κ3) is 4.46. The van der Waals surface area contributed by atoms with Crippen LogP contribution in [0.3, 0.4) is 0 Å². The molecule has 1 aliphatic rings. The predicted molar refractivity (Wildman–Crippen MR) is 112 cm³/mol. The summed E-state index contributed by atoms with van der Waals surface area (Å²) in [5.41, 5.74) is 2.82. The van der Waals surface area contributed by atoms with Gasteiger partial charge in [0, 0.05) is 42.5 Å². The normalized spacial score (nSPS) is 16.4. The molecule has 2 N–H and O–H groups in total. The number of nitrogens with one attached hydrogen (secondary N) is 2. The van der Waals surface area contributed by atoms with Crippen molar-refractivity contribution in [1.29, 1.82) is 0 Å². The zero-order valence-electron chi connectivity index (χ0n) is 15.6. The minimum atomic E-state index is -0.0697. The summed E-state index contributed by atoms with van der Waals surface area (Å²) in [6.45, 7) is 1.52. The summed E-state index contributed by atoms with van der Waals surface area (Å²) in [6.07, 6.45) is 5.30. The first kappa shape index (κ1) is 18.0. The number of hydrogen-bond acceptors (Lipinski definition) is 5. The van der Waals surface area contributed by atoms with Crippen LogP contribution in [0, 0.1) is 5.92 Å². The fourth-order valence-corrected chi connectivity index (χ4v) is 3.40. The molecule has 1 atom stereocenters. The number of rotatable bonds is 5. The number of hydrogen-bond donors (Lipinski definition) is 2. The van der Waals surface area contributed by atoms with Gasteiger partial charge in [-0.05, 0) is 55.3 Å². The summed E-state index contributed by atoms with van der Waals surface area (Å²) in [5.74, 6) is 0.667. The molecule has 2 heterocycles. The maximum Gasteiger partial charge on any atom is 0.229 e. The van der Waals surface area contributed by atoms with Crippen LogP contribution in [-0.4, -0.2) is 29.0 Å². The molecule has 1 fully saturated rings. The van der Waals surface area contributed by atoms with Crippen molar-refractivity contribution < 1.29 is 4.79 Å². The number of carbonyl (C=O) groups excluding carboxylic acids is 1. The summed E-state index contributed by atoms with van der Waals surface area (Å²) in [7, 11) is 0. The SMILES string of the molecule is O=C(Nc1ccc(Nc2ccccc2)cc1)C1CCCN(c2ncccn2)C1. The first-order chi connectivity index (χ1) is 13.8. The highest BCUT2D eigenvalue weighted by molar-refractivity contribution is 5.93. The van der Waals surface area contributed by atoms with Crippen molar-refractivity contribution in [2.45, 2.75) is 12.8 Å². The quantitative estimate of drug-likeness (QED) is 0.705. The average Bonchev–Trinajstić information content (AvgIpc) is 2.76. The molecular weight excluding hydrogens is 350 g/mol. The van der Waals surface area contributed by atoms with E-state index in [1.807, 2.05) is 54.6 Å². The van der Waals surface area contributed by atoms with Gasteiger partial charge in [0.1, 0.15) is 0 Å². The van der Waals surface area contributed by atoms with Crippen molar-refractivity contribution in [2.75, 3.05) is 28.6 Å². The van der Waals surface area contributed by atoms with E-state index in [0.29, 0.717) is 12.5 Å². The lowest BCUT2D eigenvalue weighted by Gasteiger charge is -2.31. The molecule has 1 aromatic heterocycles. The Morgan fingerprint density at radius 1 is 0.893 bits per heavy atom. The van der Waals surface area contributed by atoms with Crippen LogP contribution < -0.4 is 15.5 Å². The van der Waals surface area contributed by atoms with E-state index in [1.54, 1.807) is 18.5 Å². The molecule has 4 rings (SSSR count). The van der Waals surface area contributed by atoms with Crippen molar-refractivity contribution in [1.82, 2.24) is 9.97 Å². The summed E-state index contributed by atoms with van der Waals surface area (Å²) in [4.78, 5) is 23.4. The van der Waals surface area contributed by atoms with E-state index in [0.717, 1.165) is 36.4 Å². The summed E-state index contributed by atoms with van der Waals surface area (Å²) < 4.78 is 0. The minimum Gasteiger partial charge on any atom is -0.356 e. The molecule has 1 amide bonds. The van der Waals surface area contributed by atoms with Gasteiger partial charge in [0.05, 0.1) is 5.92 Å². The Morgan fingerprint density at radius 3 is 2.32 bits per heavy atom. The first-order valence-corrected chi connectivity index (χ1v) is 9.53. The van der Waals surface area contributed by atoms with E-state index in [2.05, 4.69) is 25.5 Å². The van der Waals surface area contributed by atoms with Gasteiger partial charge in [-0.25, -0.2) is 9.97 Å². The van der Waals surface area contributed by atoms with Crippen LogP contribution in [0.25, 0.3) is 0 Å². The molecule has 6 nitrogen and oxygen atoms in total. The Balaban J connectivity index is 1.35. The molecule has 0 radical (unpaired) electrons. The Labute approximate surface area is 164 Å². The summed E-state index contributed by atoms with van der Waals surface area (Å²) in [6, 6.07) is 19.6. The Bertz CT molecular complexity index is 899. The van der Waals surface area contributed by atoms with E-state index in [4.69, 9.17) is 0 Å². The molecule has 3 aromatic rings. The topological polar surface area (TPSA) is 70.2 Å². The number of aromatic nitrogens is 2. The van der Waals surface area contributed by atoms with Gasteiger partial charge in [0.25, 0.3) is 0 Å². The van der Waals surface area contributed by atoms with Crippen molar-refractivity contribution >= 4 is 28.9 Å². The molecule has 0 spiro atoms. The molecule has 142 valence electrons. The molecular formula is C22H23N5O. The van der Waals surface area contributed by atoms with Gasteiger partial charge in [0.2, 0.25) is 11.9 Å². The van der Waals surface area contributed by atoms with Crippen LogP contribution in [0.4, 0.5) is 23.0 Å². The van der Waals surface area contributed by atoms with Crippen LogP contribution in [0.5, 0.6) is 0 Å². The number of para-hydroxylation sites is 1. The highest BCUT2D eigenvalue weighted by Crippen LogP contribution is 2.23. The number of carbonyl (C=O) groups is 1. The van der Waals surface area contributed by atoms with Crippen molar-refractivity contribution in [3.8, 4) is 0 Å². The van der Waals surface area contributed by atoms with Crippen LogP contribution in [0.1, 0.15) is 12.8 Å². The zero-order valence-corrected chi connectivity index (χ0v) is 15.6. The third-order valence-corrected chi connectivity index (χ3v) is 4.84. The predicted octanol–water partition coefficient (Wildman–Crippen LogP) is 4.08. The maximum absolute atomic E-state index is 12.7. The fourth-order valence-electron chi connectivity index (χ4n) is 3.40. The second-order valence-electron chi connectivity index (χ2n) is 6.89. The molecule has 0 saturated carbocycles. The van der Waals surface area contributed by atoms with Gasteiger partial charge < -0.3 is 15.5 Å². The highest BCUT2D eigenvalue weighted by Gasteiger charge is 2.27. The standard InChI is InChI=1S/C22H23N5O/c28-21(17-6-4-15-27(16-17)22-23-13-5-14-24-22)26-20-11-9-19(10-12-20)25-18-7-2-1-3-8-18/h1-3,5,7-14,17,25H,4,6,15-16H2,(H,26,28). The van der Waals surface area contributed by atoms with Crippen LogP contribution >= 0.6 is 0 Å². The monoisotopic (exact) mass is 373 g/mol. The molecule has 0 bridgehead atoms. The number of nitrogens with zero attached hydrogens (tertiary/aromatic N) is 3. The van der Waals surface area contributed by atoms with Crippen LogP contribution in [0.15, 0.2) is 73.1 Å². The molecule has 1 aliphatic heterocycles. The number of benzene rings is 2. The number of amides is 1. The van der Waals surface area contributed by atoms with Gasteiger partial charge in [0.15, 0.2) is 0 Å². The van der Waals surface area contributed by atoms with E-state index in [9.17, 15) is 4.79 Å². The smallest absolute Gasteiger partial charge is 0.229 e. The van der Waals surface area contributed by atoms with Gasteiger partial charge in [-0.1, -0.05) is 18.2 Å².